The fourth-order valence-electron chi connectivity index (χ4n) is 1.77. The highest BCUT2D eigenvalue weighted by molar-refractivity contribution is 5.33. The van der Waals surface area contributed by atoms with Gasteiger partial charge in [0.05, 0.1) is 6.61 Å². The van der Waals surface area contributed by atoms with E-state index in [4.69, 9.17) is 4.74 Å². The predicted octanol–water partition coefficient (Wildman–Crippen LogP) is 3.41. The van der Waals surface area contributed by atoms with Gasteiger partial charge < -0.3 is 10.1 Å². The van der Waals surface area contributed by atoms with Crippen LogP contribution in [0.4, 0.5) is 0 Å². The molecular weight excluding hydrogens is 210 g/mol. The van der Waals surface area contributed by atoms with Gasteiger partial charge in [-0.3, -0.25) is 0 Å². The molecule has 1 N–H and O–H groups in total. The zero-order chi connectivity index (χ0) is 12.5. The van der Waals surface area contributed by atoms with E-state index in [9.17, 15) is 0 Å². The van der Waals surface area contributed by atoms with Gasteiger partial charge in [-0.05, 0) is 31.0 Å². The van der Waals surface area contributed by atoms with E-state index in [1.165, 1.54) is 5.56 Å². The van der Waals surface area contributed by atoms with Gasteiger partial charge in [-0.25, -0.2) is 0 Å². The van der Waals surface area contributed by atoms with Crippen LogP contribution in [0.2, 0.25) is 0 Å². The third kappa shape index (κ3) is 5.73. The molecule has 17 heavy (non-hydrogen) atoms. The number of para-hydroxylation sites is 1. The van der Waals surface area contributed by atoms with Crippen LogP contribution in [0.25, 0.3) is 0 Å². The maximum atomic E-state index is 5.83. The lowest BCUT2D eigenvalue weighted by molar-refractivity contribution is 0.303. The maximum absolute atomic E-state index is 5.83. The molecule has 0 unspecified atom stereocenters. The standard InChI is InChI=1S/C15H25NO/c1-4-8-14-9-5-6-10-15(14)17-12-7-11-16-13(2)3/h5-6,9-10,13,16H,4,7-8,11-12H2,1-3H3. The minimum Gasteiger partial charge on any atom is -0.493 e. The van der Waals surface area contributed by atoms with E-state index in [-0.39, 0.29) is 0 Å². The van der Waals surface area contributed by atoms with Crippen molar-refractivity contribution in [1.29, 1.82) is 0 Å². The lowest BCUT2D eigenvalue weighted by Crippen LogP contribution is -2.24. The minimum absolute atomic E-state index is 0.558. The fourth-order valence-corrected chi connectivity index (χ4v) is 1.77. The molecule has 0 fully saturated rings. The topological polar surface area (TPSA) is 21.3 Å². The highest BCUT2D eigenvalue weighted by Gasteiger charge is 2.01. The molecule has 0 aliphatic rings. The average molecular weight is 235 g/mol. The van der Waals surface area contributed by atoms with Crippen molar-refractivity contribution in [3.63, 3.8) is 0 Å². The first-order valence-electron chi connectivity index (χ1n) is 6.68. The molecule has 1 aromatic rings. The van der Waals surface area contributed by atoms with Crippen molar-refractivity contribution in [3.05, 3.63) is 29.8 Å². The third-order valence-electron chi connectivity index (χ3n) is 2.62. The predicted molar refractivity (Wildman–Crippen MR) is 73.7 cm³/mol. The summed E-state index contributed by atoms with van der Waals surface area (Å²) in [6.45, 7) is 8.34. The summed E-state index contributed by atoms with van der Waals surface area (Å²) in [4.78, 5) is 0. The molecule has 0 bridgehead atoms. The summed E-state index contributed by atoms with van der Waals surface area (Å²) < 4.78 is 5.83. The Morgan fingerprint density at radius 3 is 2.71 bits per heavy atom. The van der Waals surface area contributed by atoms with Crippen LogP contribution in [0, 0.1) is 0 Å². The number of rotatable bonds is 8. The maximum Gasteiger partial charge on any atom is 0.122 e. The van der Waals surface area contributed by atoms with Crippen molar-refractivity contribution in [2.45, 2.75) is 46.1 Å². The SMILES string of the molecule is CCCc1ccccc1OCCCNC(C)C. The summed E-state index contributed by atoms with van der Waals surface area (Å²) in [6.07, 6.45) is 3.31. The van der Waals surface area contributed by atoms with Crippen LogP contribution in [0.15, 0.2) is 24.3 Å². The molecule has 96 valence electrons. The van der Waals surface area contributed by atoms with Gasteiger partial charge in [-0.15, -0.1) is 0 Å². The van der Waals surface area contributed by atoms with Crippen LogP contribution < -0.4 is 10.1 Å². The van der Waals surface area contributed by atoms with Gasteiger partial charge in [-0.1, -0.05) is 45.4 Å². The number of hydrogen-bond donors (Lipinski definition) is 1. The smallest absolute Gasteiger partial charge is 0.122 e. The Hall–Kier alpha value is -1.02. The van der Waals surface area contributed by atoms with Crippen LogP contribution in [0.1, 0.15) is 39.2 Å². The first-order valence-corrected chi connectivity index (χ1v) is 6.68. The van der Waals surface area contributed by atoms with Crippen LogP contribution in [-0.4, -0.2) is 19.2 Å². The molecule has 2 nitrogen and oxygen atoms in total. The van der Waals surface area contributed by atoms with Crippen LogP contribution in [0.3, 0.4) is 0 Å². The van der Waals surface area contributed by atoms with Gasteiger partial charge in [0.2, 0.25) is 0 Å². The van der Waals surface area contributed by atoms with E-state index < -0.39 is 0 Å². The summed E-state index contributed by atoms with van der Waals surface area (Å²) in [7, 11) is 0. The Labute approximate surface area is 105 Å². The highest BCUT2D eigenvalue weighted by Crippen LogP contribution is 2.19. The van der Waals surface area contributed by atoms with Crippen LogP contribution >= 0.6 is 0 Å². The van der Waals surface area contributed by atoms with Gasteiger partial charge in [0.15, 0.2) is 0 Å². The molecule has 0 amide bonds. The average Bonchev–Trinajstić information content (AvgIpc) is 2.31. The van der Waals surface area contributed by atoms with E-state index in [0.29, 0.717) is 6.04 Å². The van der Waals surface area contributed by atoms with Crippen molar-refractivity contribution in [3.8, 4) is 5.75 Å². The number of ether oxygens (including phenoxy) is 1. The van der Waals surface area contributed by atoms with E-state index in [1.54, 1.807) is 0 Å². The number of benzene rings is 1. The van der Waals surface area contributed by atoms with E-state index in [0.717, 1.165) is 38.2 Å². The lowest BCUT2D eigenvalue weighted by atomic mass is 10.1. The van der Waals surface area contributed by atoms with Crippen LogP contribution in [-0.2, 0) is 6.42 Å². The largest absolute Gasteiger partial charge is 0.493 e. The van der Waals surface area contributed by atoms with Gasteiger partial charge in [-0.2, -0.15) is 0 Å². The minimum atomic E-state index is 0.558. The van der Waals surface area contributed by atoms with Gasteiger partial charge in [0, 0.05) is 6.04 Å². The highest BCUT2D eigenvalue weighted by atomic mass is 16.5. The van der Waals surface area contributed by atoms with Crippen LogP contribution in [0.5, 0.6) is 5.75 Å². The molecule has 1 aromatic carbocycles. The van der Waals surface area contributed by atoms with Crippen molar-refractivity contribution in [2.75, 3.05) is 13.2 Å². The molecular formula is C15H25NO. The lowest BCUT2D eigenvalue weighted by Gasteiger charge is -2.12. The number of aryl methyl sites for hydroxylation is 1. The molecule has 0 aromatic heterocycles. The molecule has 0 saturated heterocycles. The third-order valence-corrected chi connectivity index (χ3v) is 2.62. The zero-order valence-corrected chi connectivity index (χ0v) is 11.3. The van der Waals surface area contributed by atoms with Gasteiger partial charge in [0.1, 0.15) is 5.75 Å². The summed E-state index contributed by atoms with van der Waals surface area (Å²) in [5, 5.41) is 3.39. The summed E-state index contributed by atoms with van der Waals surface area (Å²) in [5.74, 6) is 1.05. The molecule has 2 heteroatoms. The number of nitrogens with one attached hydrogen (secondary N) is 1. The molecule has 0 aliphatic heterocycles. The molecule has 0 atom stereocenters. The number of hydrogen-bond acceptors (Lipinski definition) is 2. The van der Waals surface area contributed by atoms with Crippen molar-refractivity contribution >= 4 is 0 Å². The Morgan fingerprint density at radius 1 is 1.24 bits per heavy atom. The zero-order valence-electron chi connectivity index (χ0n) is 11.3. The second-order valence-electron chi connectivity index (χ2n) is 4.67. The molecule has 0 radical (unpaired) electrons. The Kier molecular flexibility index (Phi) is 6.71. The Morgan fingerprint density at radius 2 is 2.00 bits per heavy atom. The summed E-state index contributed by atoms with van der Waals surface area (Å²) in [5.41, 5.74) is 1.33. The second kappa shape index (κ2) is 8.13. The first kappa shape index (κ1) is 14.0. The normalized spacial score (nSPS) is 10.8. The summed E-state index contributed by atoms with van der Waals surface area (Å²) in [6, 6.07) is 8.91. The van der Waals surface area contributed by atoms with Crippen molar-refractivity contribution < 1.29 is 4.74 Å². The van der Waals surface area contributed by atoms with Gasteiger partial charge in [0.25, 0.3) is 0 Å². The van der Waals surface area contributed by atoms with E-state index >= 15 is 0 Å². The van der Waals surface area contributed by atoms with Crippen molar-refractivity contribution in [1.82, 2.24) is 5.32 Å². The summed E-state index contributed by atoms with van der Waals surface area (Å²) >= 11 is 0. The monoisotopic (exact) mass is 235 g/mol. The van der Waals surface area contributed by atoms with Crippen molar-refractivity contribution in [2.24, 2.45) is 0 Å². The quantitative estimate of drug-likeness (QED) is 0.697. The molecule has 0 aliphatic carbocycles. The second-order valence-corrected chi connectivity index (χ2v) is 4.67. The molecule has 0 heterocycles. The first-order chi connectivity index (χ1) is 8.24. The van der Waals surface area contributed by atoms with E-state index in [2.05, 4.69) is 44.3 Å². The molecule has 1 rings (SSSR count). The fraction of sp³-hybridized carbons (Fsp3) is 0.600. The Bertz CT molecular complexity index is 310. The van der Waals surface area contributed by atoms with E-state index in [1.807, 2.05) is 6.07 Å². The molecule has 0 saturated carbocycles. The van der Waals surface area contributed by atoms with Gasteiger partial charge >= 0.3 is 0 Å². The molecule has 0 spiro atoms. The Balaban J connectivity index is 2.30.